The largest absolute Gasteiger partial charge is 0.396 e. The van der Waals surface area contributed by atoms with Crippen LogP contribution < -0.4 is 10.6 Å². The number of aryl methyl sites for hydroxylation is 1. The molecule has 0 radical (unpaired) electrons. The van der Waals surface area contributed by atoms with E-state index in [9.17, 15) is 0 Å². The molecule has 1 atom stereocenters. The molecule has 1 aromatic rings. The number of hydrogen-bond donors (Lipinski definition) is 1. The Morgan fingerprint density at radius 1 is 1.47 bits per heavy atom. The van der Waals surface area contributed by atoms with E-state index < -0.39 is 0 Å². The van der Waals surface area contributed by atoms with Gasteiger partial charge in [0.15, 0.2) is 5.82 Å². The van der Waals surface area contributed by atoms with Crippen molar-refractivity contribution < 1.29 is 0 Å². The molecule has 1 saturated heterocycles. The van der Waals surface area contributed by atoms with E-state index in [-0.39, 0.29) is 0 Å². The van der Waals surface area contributed by atoms with Gasteiger partial charge in [-0.05, 0) is 45.5 Å². The fourth-order valence-corrected chi connectivity index (χ4v) is 2.38. The first-order valence-corrected chi connectivity index (χ1v) is 6.22. The van der Waals surface area contributed by atoms with Gasteiger partial charge in [0.2, 0.25) is 0 Å². The number of nitrogen functional groups attached to an aromatic ring is 1. The molecule has 4 nitrogen and oxygen atoms in total. The minimum Gasteiger partial charge on any atom is -0.396 e. The summed E-state index contributed by atoms with van der Waals surface area (Å²) in [5, 5.41) is 0. The van der Waals surface area contributed by atoms with E-state index in [4.69, 9.17) is 5.73 Å². The Morgan fingerprint density at radius 3 is 2.94 bits per heavy atom. The molecule has 2 N–H and O–H groups in total. The van der Waals surface area contributed by atoms with Gasteiger partial charge < -0.3 is 15.5 Å². The summed E-state index contributed by atoms with van der Waals surface area (Å²) >= 11 is 0. The zero-order chi connectivity index (χ0) is 12.4. The van der Waals surface area contributed by atoms with Gasteiger partial charge in [-0.25, -0.2) is 4.98 Å². The van der Waals surface area contributed by atoms with Crippen molar-refractivity contribution in [2.75, 3.05) is 37.8 Å². The first-order valence-electron chi connectivity index (χ1n) is 6.22. The lowest BCUT2D eigenvalue weighted by atomic mass is 10.0. The Kier molecular flexibility index (Phi) is 3.52. The molecule has 2 heterocycles. The number of hydrogen-bond acceptors (Lipinski definition) is 4. The second kappa shape index (κ2) is 4.92. The molecule has 4 heteroatoms. The summed E-state index contributed by atoms with van der Waals surface area (Å²) < 4.78 is 0. The topological polar surface area (TPSA) is 45.4 Å². The van der Waals surface area contributed by atoms with E-state index in [1.165, 1.54) is 12.8 Å². The van der Waals surface area contributed by atoms with Crippen LogP contribution in [0.5, 0.6) is 0 Å². The monoisotopic (exact) mass is 234 g/mol. The Labute approximate surface area is 103 Å². The second-order valence-electron chi connectivity index (χ2n) is 5.07. The van der Waals surface area contributed by atoms with Gasteiger partial charge in [-0.2, -0.15) is 0 Å². The van der Waals surface area contributed by atoms with E-state index in [0.29, 0.717) is 6.04 Å². The van der Waals surface area contributed by atoms with E-state index in [0.717, 1.165) is 30.2 Å². The summed E-state index contributed by atoms with van der Waals surface area (Å²) in [6.07, 6.45) is 4.31. The van der Waals surface area contributed by atoms with E-state index in [1.54, 1.807) is 0 Å². The number of aromatic nitrogens is 1. The molecule has 17 heavy (non-hydrogen) atoms. The number of anilines is 2. The number of pyridine rings is 1. The molecule has 1 unspecified atom stereocenters. The quantitative estimate of drug-likeness (QED) is 0.842. The molecule has 1 aliphatic heterocycles. The van der Waals surface area contributed by atoms with Crippen LogP contribution in [0, 0.1) is 6.92 Å². The average Bonchev–Trinajstić information content (AvgIpc) is 2.33. The maximum absolute atomic E-state index is 6.12. The highest BCUT2D eigenvalue weighted by Crippen LogP contribution is 2.26. The van der Waals surface area contributed by atoms with Gasteiger partial charge in [0.05, 0.1) is 5.69 Å². The van der Waals surface area contributed by atoms with Crippen molar-refractivity contribution in [2.45, 2.75) is 25.8 Å². The van der Waals surface area contributed by atoms with Crippen LogP contribution >= 0.6 is 0 Å². The van der Waals surface area contributed by atoms with Gasteiger partial charge in [-0.3, -0.25) is 0 Å². The van der Waals surface area contributed by atoms with Crippen LogP contribution in [0.15, 0.2) is 12.3 Å². The summed E-state index contributed by atoms with van der Waals surface area (Å²) in [7, 11) is 4.28. The molecule has 0 aliphatic carbocycles. The van der Waals surface area contributed by atoms with Crippen molar-refractivity contribution >= 4 is 11.5 Å². The number of likely N-dealkylation sites (N-methyl/N-ethyl adjacent to an activating group) is 1. The van der Waals surface area contributed by atoms with Crippen LogP contribution in [0.1, 0.15) is 18.4 Å². The molecule has 1 fully saturated rings. The van der Waals surface area contributed by atoms with Crippen molar-refractivity contribution in [1.29, 1.82) is 0 Å². The standard InChI is InChI=1S/C13H22N4/c1-10-6-7-15-13(12(10)14)17-8-4-5-11(9-17)16(2)3/h6-7,11H,4-5,8-9,14H2,1-3H3. The van der Waals surface area contributed by atoms with Crippen molar-refractivity contribution in [3.05, 3.63) is 17.8 Å². The molecular weight excluding hydrogens is 212 g/mol. The molecule has 0 amide bonds. The van der Waals surface area contributed by atoms with Gasteiger partial charge in [0, 0.05) is 25.3 Å². The Morgan fingerprint density at radius 2 is 2.24 bits per heavy atom. The van der Waals surface area contributed by atoms with Gasteiger partial charge in [0.1, 0.15) is 0 Å². The zero-order valence-corrected chi connectivity index (χ0v) is 11.0. The summed E-state index contributed by atoms with van der Waals surface area (Å²) in [6.45, 7) is 4.12. The predicted octanol–water partition coefficient (Wildman–Crippen LogP) is 1.50. The van der Waals surface area contributed by atoms with Gasteiger partial charge in [-0.1, -0.05) is 0 Å². The van der Waals surface area contributed by atoms with E-state index in [2.05, 4.69) is 28.9 Å². The third-order valence-electron chi connectivity index (χ3n) is 3.61. The van der Waals surface area contributed by atoms with E-state index >= 15 is 0 Å². The lowest BCUT2D eigenvalue weighted by Crippen LogP contribution is -2.45. The molecular formula is C13H22N4. The van der Waals surface area contributed by atoms with Crippen LogP contribution in [0.3, 0.4) is 0 Å². The maximum atomic E-state index is 6.12. The SMILES string of the molecule is Cc1ccnc(N2CCCC(N(C)C)C2)c1N. The Balaban J connectivity index is 2.19. The van der Waals surface area contributed by atoms with Crippen molar-refractivity contribution in [2.24, 2.45) is 0 Å². The summed E-state index contributed by atoms with van der Waals surface area (Å²) in [6, 6.07) is 2.57. The molecule has 0 saturated carbocycles. The first kappa shape index (κ1) is 12.2. The third kappa shape index (κ3) is 2.52. The normalized spacial score (nSPS) is 20.9. The molecule has 1 aromatic heterocycles. The molecule has 94 valence electrons. The summed E-state index contributed by atoms with van der Waals surface area (Å²) in [4.78, 5) is 9.04. The maximum Gasteiger partial charge on any atom is 0.152 e. The zero-order valence-electron chi connectivity index (χ0n) is 11.0. The fourth-order valence-electron chi connectivity index (χ4n) is 2.38. The summed E-state index contributed by atoms with van der Waals surface area (Å²) in [5.74, 6) is 0.955. The predicted molar refractivity (Wildman–Crippen MR) is 72.3 cm³/mol. The van der Waals surface area contributed by atoms with Crippen LogP contribution in [-0.4, -0.2) is 43.1 Å². The highest BCUT2D eigenvalue weighted by Gasteiger charge is 2.23. The minimum absolute atomic E-state index is 0.602. The lowest BCUT2D eigenvalue weighted by molar-refractivity contribution is 0.257. The molecule has 0 bridgehead atoms. The van der Waals surface area contributed by atoms with Crippen molar-refractivity contribution in [1.82, 2.24) is 9.88 Å². The fraction of sp³-hybridized carbons (Fsp3) is 0.615. The van der Waals surface area contributed by atoms with Gasteiger partial charge >= 0.3 is 0 Å². The smallest absolute Gasteiger partial charge is 0.152 e. The summed E-state index contributed by atoms with van der Waals surface area (Å²) in [5.41, 5.74) is 8.06. The third-order valence-corrected chi connectivity index (χ3v) is 3.61. The minimum atomic E-state index is 0.602. The molecule has 1 aliphatic rings. The first-order chi connectivity index (χ1) is 8.09. The highest BCUT2D eigenvalue weighted by atomic mass is 15.2. The van der Waals surface area contributed by atoms with E-state index in [1.807, 2.05) is 19.2 Å². The van der Waals surface area contributed by atoms with Crippen LogP contribution in [0.25, 0.3) is 0 Å². The van der Waals surface area contributed by atoms with Crippen molar-refractivity contribution in [3.8, 4) is 0 Å². The van der Waals surface area contributed by atoms with Crippen molar-refractivity contribution in [3.63, 3.8) is 0 Å². The highest BCUT2D eigenvalue weighted by molar-refractivity contribution is 5.66. The average molecular weight is 234 g/mol. The Hall–Kier alpha value is -1.29. The number of nitrogens with two attached hydrogens (primary N) is 1. The van der Waals surface area contributed by atoms with Crippen LogP contribution in [-0.2, 0) is 0 Å². The van der Waals surface area contributed by atoms with Crippen LogP contribution in [0.2, 0.25) is 0 Å². The lowest BCUT2D eigenvalue weighted by Gasteiger charge is -2.37. The second-order valence-corrected chi connectivity index (χ2v) is 5.07. The van der Waals surface area contributed by atoms with Gasteiger partial charge in [0.25, 0.3) is 0 Å². The molecule has 0 aromatic carbocycles. The number of nitrogens with zero attached hydrogens (tertiary/aromatic N) is 3. The number of piperidine rings is 1. The number of rotatable bonds is 2. The van der Waals surface area contributed by atoms with Crippen LogP contribution in [0.4, 0.5) is 11.5 Å². The molecule has 2 rings (SSSR count). The van der Waals surface area contributed by atoms with Gasteiger partial charge in [-0.15, -0.1) is 0 Å². The Bertz CT molecular complexity index is 389. The molecule has 0 spiro atoms.